The van der Waals surface area contributed by atoms with Crippen LogP contribution < -0.4 is 5.32 Å². The van der Waals surface area contributed by atoms with Gasteiger partial charge in [-0.25, -0.2) is 9.18 Å². The molecule has 0 radical (unpaired) electrons. The molecule has 32 heavy (non-hydrogen) atoms. The maximum absolute atomic E-state index is 13.8. The topological polar surface area (TPSA) is 94.3 Å². The van der Waals surface area contributed by atoms with Crippen LogP contribution in [0.1, 0.15) is 26.4 Å². The van der Waals surface area contributed by atoms with E-state index in [-0.39, 0.29) is 38.3 Å². The molecule has 4 rings (SSSR count). The molecule has 0 aliphatic heterocycles. The van der Waals surface area contributed by atoms with Crippen LogP contribution in [-0.4, -0.2) is 29.1 Å². The van der Waals surface area contributed by atoms with Gasteiger partial charge in [-0.05, 0) is 43.3 Å². The smallest absolute Gasteiger partial charge is 0.345 e. The van der Waals surface area contributed by atoms with Gasteiger partial charge >= 0.3 is 5.97 Å². The van der Waals surface area contributed by atoms with E-state index >= 15 is 0 Å². The number of anilines is 1. The largest absolute Gasteiger partial charge is 0.465 e. The molecule has 2 heterocycles. The number of ether oxygens (including phenoxy) is 1. The molecule has 0 atom stereocenters. The summed E-state index contributed by atoms with van der Waals surface area (Å²) in [5, 5.41) is 7.13. The molecule has 2 aromatic heterocycles. The van der Waals surface area contributed by atoms with Crippen molar-refractivity contribution in [3.05, 3.63) is 75.1 Å². The lowest BCUT2D eigenvalue weighted by Gasteiger charge is -2.09. The summed E-state index contributed by atoms with van der Waals surface area (Å²) in [5.41, 5.74) is 1.19. The van der Waals surface area contributed by atoms with E-state index in [2.05, 4.69) is 15.5 Å². The minimum atomic E-state index is -0.825. The number of hydrogen-bond acceptors (Lipinski definition) is 6. The second kappa shape index (κ2) is 8.57. The summed E-state index contributed by atoms with van der Waals surface area (Å²) in [6.45, 7) is 1.70. The molecule has 0 saturated carbocycles. The zero-order valence-corrected chi connectivity index (χ0v) is 18.2. The monoisotopic (exact) mass is 473 g/mol. The van der Waals surface area contributed by atoms with E-state index in [9.17, 15) is 14.0 Å². The van der Waals surface area contributed by atoms with Crippen LogP contribution in [0.3, 0.4) is 0 Å². The molecule has 1 amide bonds. The summed E-state index contributed by atoms with van der Waals surface area (Å²) in [4.78, 5) is 29.9. The highest BCUT2D eigenvalue weighted by molar-refractivity contribution is 6.39. The number of halogens is 3. The van der Waals surface area contributed by atoms with E-state index in [1.54, 1.807) is 25.1 Å². The molecule has 4 aromatic rings. The first-order valence-corrected chi connectivity index (χ1v) is 9.96. The van der Waals surface area contributed by atoms with Gasteiger partial charge in [-0.3, -0.25) is 15.1 Å². The van der Waals surface area contributed by atoms with Crippen molar-refractivity contribution in [3.63, 3.8) is 0 Å². The van der Waals surface area contributed by atoms with Gasteiger partial charge in [-0.2, -0.15) is 0 Å². The van der Waals surface area contributed by atoms with Gasteiger partial charge < -0.3 is 9.26 Å². The Morgan fingerprint density at radius 1 is 1.12 bits per heavy atom. The van der Waals surface area contributed by atoms with Gasteiger partial charge in [-0.15, -0.1) is 0 Å². The predicted octanol–water partition coefficient (Wildman–Crippen LogP) is 5.68. The highest BCUT2D eigenvalue weighted by atomic mass is 35.5. The van der Waals surface area contributed by atoms with E-state index in [0.717, 1.165) is 0 Å². The molecule has 7 nitrogen and oxygen atoms in total. The third kappa shape index (κ3) is 3.90. The van der Waals surface area contributed by atoms with Crippen LogP contribution in [0.15, 0.2) is 47.0 Å². The number of esters is 1. The van der Waals surface area contributed by atoms with Crippen LogP contribution in [0.5, 0.6) is 0 Å². The molecule has 0 saturated heterocycles. The fraction of sp³-hybridized carbons (Fsp3) is 0.0909. The average Bonchev–Trinajstić information content (AvgIpc) is 3.15. The second-order valence-corrected chi connectivity index (χ2v) is 7.56. The van der Waals surface area contributed by atoms with Crippen molar-refractivity contribution in [2.75, 3.05) is 12.4 Å². The first-order chi connectivity index (χ1) is 15.3. The Balaban J connectivity index is 1.82. The number of fused-ring (bicyclic) bond motifs is 1. The third-order valence-electron chi connectivity index (χ3n) is 4.65. The highest BCUT2D eigenvalue weighted by Crippen LogP contribution is 2.38. The van der Waals surface area contributed by atoms with Crippen LogP contribution in [0.25, 0.3) is 22.2 Å². The van der Waals surface area contributed by atoms with E-state index in [1.165, 1.54) is 31.4 Å². The van der Waals surface area contributed by atoms with E-state index < -0.39 is 17.7 Å². The number of nitrogens with one attached hydrogen (secondary N) is 1. The molecule has 1 N–H and O–H groups in total. The lowest BCUT2D eigenvalue weighted by molar-refractivity contribution is 0.0602. The number of carbonyl (C=O) groups excluding carboxylic acids is 2. The normalized spacial score (nSPS) is 10.9. The molecule has 2 aromatic carbocycles. The minimum absolute atomic E-state index is 0.00422. The van der Waals surface area contributed by atoms with Crippen LogP contribution in [0.4, 0.5) is 10.3 Å². The molecular formula is C22H14Cl2FN3O4. The SMILES string of the molecule is COC(=O)c1c(-c2c(Cl)cccc2Cl)noc1NC(=O)c1cc(C)nc2ccc(F)cc12. The number of hydrogen-bond donors (Lipinski definition) is 1. The summed E-state index contributed by atoms with van der Waals surface area (Å²) in [6, 6.07) is 10.2. The van der Waals surface area contributed by atoms with Crippen molar-refractivity contribution < 1.29 is 23.2 Å². The summed E-state index contributed by atoms with van der Waals surface area (Å²) in [5.74, 6) is -2.28. The molecule has 0 unspecified atom stereocenters. The highest BCUT2D eigenvalue weighted by Gasteiger charge is 2.29. The van der Waals surface area contributed by atoms with Gasteiger partial charge in [0.15, 0.2) is 5.56 Å². The van der Waals surface area contributed by atoms with Crippen molar-refractivity contribution in [2.45, 2.75) is 6.92 Å². The van der Waals surface area contributed by atoms with Crippen molar-refractivity contribution >= 4 is 51.9 Å². The molecule has 0 fully saturated rings. The fourth-order valence-corrected chi connectivity index (χ4v) is 3.83. The molecule has 0 bridgehead atoms. The van der Waals surface area contributed by atoms with E-state index in [4.69, 9.17) is 32.5 Å². The number of benzene rings is 2. The molecular weight excluding hydrogens is 460 g/mol. The zero-order chi connectivity index (χ0) is 23.0. The quantitative estimate of drug-likeness (QED) is 0.383. The van der Waals surface area contributed by atoms with Crippen molar-refractivity contribution in [3.8, 4) is 11.3 Å². The lowest BCUT2D eigenvalue weighted by atomic mass is 10.1. The summed E-state index contributed by atoms with van der Waals surface area (Å²) < 4.78 is 23.9. The Hall–Kier alpha value is -3.49. The van der Waals surface area contributed by atoms with Gasteiger partial charge in [0.05, 0.1) is 28.2 Å². The summed E-state index contributed by atoms with van der Waals surface area (Å²) in [7, 11) is 1.17. The number of rotatable bonds is 4. The number of carbonyl (C=O) groups is 2. The number of aryl methyl sites for hydroxylation is 1. The fourth-order valence-electron chi connectivity index (χ4n) is 3.25. The predicted molar refractivity (Wildman–Crippen MR) is 118 cm³/mol. The Morgan fingerprint density at radius 3 is 2.53 bits per heavy atom. The maximum Gasteiger partial charge on any atom is 0.345 e. The number of methoxy groups -OCH3 is 1. The minimum Gasteiger partial charge on any atom is -0.465 e. The number of pyridine rings is 1. The second-order valence-electron chi connectivity index (χ2n) is 6.75. The first kappa shape index (κ1) is 21.7. The van der Waals surface area contributed by atoms with Gasteiger partial charge in [-0.1, -0.05) is 34.4 Å². The zero-order valence-electron chi connectivity index (χ0n) is 16.7. The van der Waals surface area contributed by atoms with Crippen molar-refractivity contribution in [2.24, 2.45) is 0 Å². The molecule has 0 spiro atoms. The number of aromatic nitrogens is 2. The maximum atomic E-state index is 13.8. The summed E-state index contributed by atoms with van der Waals surface area (Å²) >= 11 is 12.5. The molecule has 162 valence electrons. The Kier molecular flexibility index (Phi) is 5.82. The third-order valence-corrected chi connectivity index (χ3v) is 5.28. The first-order valence-electron chi connectivity index (χ1n) is 9.20. The Labute approximate surface area is 191 Å². The number of amides is 1. The van der Waals surface area contributed by atoms with Crippen LogP contribution in [0, 0.1) is 12.7 Å². The Morgan fingerprint density at radius 2 is 1.84 bits per heavy atom. The number of nitrogens with zero attached hydrogens (tertiary/aromatic N) is 2. The van der Waals surface area contributed by atoms with Crippen molar-refractivity contribution in [1.82, 2.24) is 10.1 Å². The van der Waals surface area contributed by atoms with E-state index in [1.807, 2.05) is 0 Å². The van der Waals surface area contributed by atoms with Gasteiger partial charge in [0, 0.05) is 16.6 Å². The average molecular weight is 474 g/mol. The van der Waals surface area contributed by atoms with Gasteiger partial charge in [0.1, 0.15) is 11.5 Å². The van der Waals surface area contributed by atoms with Crippen molar-refractivity contribution in [1.29, 1.82) is 0 Å². The molecule has 0 aliphatic rings. The van der Waals surface area contributed by atoms with Crippen LogP contribution in [-0.2, 0) is 4.74 Å². The van der Waals surface area contributed by atoms with E-state index in [0.29, 0.717) is 16.6 Å². The Bertz CT molecular complexity index is 1370. The standard InChI is InChI=1S/C22H14Cl2FN3O4/c1-10-8-13(12-9-11(25)6-7-16(12)26-10)20(29)27-21-18(22(30)31-2)19(28-32-21)17-14(23)4-3-5-15(17)24/h3-9H,1-2H3,(H,27,29). The van der Waals surface area contributed by atoms with Crippen LogP contribution in [0.2, 0.25) is 10.0 Å². The van der Waals surface area contributed by atoms with Gasteiger partial charge in [0.25, 0.3) is 5.91 Å². The molecule has 10 heteroatoms. The lowest BCUT2D eigenvalue weighted by Crippen LogP contribution is -2.15. The molecule has 0 aliphatic carbocycles. The van der Waals surface area contributed by atoms with Gasteiger partial charge in [0.2, 0.25) is 5.88 Å². The summed E-state index contributed by atoms with van der Waals surface area (Å²) in [6.07, 6.45) is 0. The van der Waals surface area contributed by atoms with Crippen LogP contribution >= 0.6 is 23.2 Å².